The third kappa shape index (κ3) is 3.10. The van der Waals surface area contributed by atoms with Gasteiger partial charge in [-0.15, -0.1) is 0 Å². The molecule has 138 valence electrons. The lowest BCUT2D eigenvalue weighted by molar-refractivity contribution is -0.131. The van der Waals surface area contributed by atoms with Crippen LogP contribution in [0, 0.1) is 0 Å². The number of nitrogens with one attached hydrogen (secondary N) is 2. The van der Waals surface area contributed by atoms with E-state index in [-0.39, 0.29) is 23.8 Å². The molecule has 0 fully saturated rings. The summed E-state index contributed by atoms with van der Waals surface area (Å²) < 4.78 is 0.971. The van der Waals surface area contributed by atoms with Crippen molar-refractivity contribution in [1.82, 2.24) is 24.4 Å². The summed E-state index contributed by atoms with van der Waals surface area (Å²) in [5.74, 6) is -0.191. The molecule has 1 amide bonds. The number of amides is 1. The Morgan fingerprint density at radius 3 is 2.78 bits per heavy atom. The quantitative estimate of drug-likeness (QED) is 0.706. The number of imidazole rings is 1. The molecule has 27 heavy (non-hydrogen) atoms. The summed E-state index contributed by atoms with van der Waals surface area (Å²) in [6.07, 6.45) is 2.91. The molecule has 1 unspecified atom stereocenters. The lowest BCUT2D eigenvalue weighted by Gasteiger charge is -2.32. The van der Waals surface area contributed by atoms with Gasteiger partial charge in [0.25, 0.3) is 5.56 Å². The molecule has 0 saturated carbocycles. The van der Waals surface area contributed by atoms with Crippen LogP contribution in [-0.4, -0.2) is 36.9 Å². The maximum atomic E-state index is 12.9. The molecule has 4 rings (SSSR count). The fourth-order valence-corrected chi connectivity index (χ4v) is 3.48. The molecular formula is C19H19N5O3. The third-order valence-electron chi connectivity index (χ3n) is 4.98. The fourth-order valence-electron chi connectivity index (χ4n) is 3.48. The Morgan fingerprint density at radius 1 is 1.22 bits per heavy atom. The van der Waals surface area contributed by atoms with E-state index in [2.05, 4.69) is 15.0 Å². The molecule has 1 aliphatic heterocycles. The number of benzene rings is 1. The molecule has 2 aromatic heterocycles. The van der Waals surface area contributed by atoms with E-state index in [1.165, 1.54) is 13.2 Å². The van der Waals surface area contributed by atoms with Crippen LogP contribution >= 0.6 is 0 Å². The molecule has 3 heterocycles. The van der Waals surface area contributed by atoms with E-state index < -0.39 is 11.2 Å². The normalized spacial score (nSPS) is 16.2. The summed E-state index contributed by atoms with van der Waals surface area (Å²) in [7, 11) is 1.39. The molecule has 8 nitrogen and oxygen atoms in total. The summed E-state index contributed by atoms with van der Waals surface area (Å²) in [5, 5.41) is 0. The minimum absolute atomic E-state index is 0.0245. The molecule has 0 saturated heterocycles. The van der Waals surface area contributed by atoms with Gasteiger partial charge < -0.3 is 14.9 Å². The minimum atomic E-state index is -0.500. The average Bonchev–Trinajstić information content (AvgIpc) is 3.17. The predicted octanol–water partition coefficient (Wildman–Crippen LogP) is 0.513. The second-order valence-electron chi connectivity index (χ2n) is 6.66. The maximum Gasteiger partial charge on any atom is 0.328 e. The first-order valence-electron chi connectivity index (χ1n) is 8.67. The molecular weight excluding hydrogens is 346 g/mol. The Bertz CT molecular complexity index is 1100. The number of nitrogens with zero attached hydrogens (tertiary/aromatic N) is 3. The Hall–Kier alpha value is -3.42. The second-order valence-corrected chi connectivity index (χ2v) is 6.66. The summed E-state index contributed by atoms with van der Waals surface area (Å²) in [6.45, 7) is 0.908. The van der Waals surface area contributed by atoms with E-state index in [0.717, 1.165) is 21.5 Å². The van der Waals surface area contributed by atoms with E-state index in [4.69, 9.17) is 0 Å². The van der Waals surface area contributed by atoms with Crippen molar-refractivity contribution >= 4 is 5.91 Å². The van der Waals surface area contributed by atoms with E-state index in [1.807, 2.05) is 30.3 Å². The van der Waals surface area contributed by atoms with Gasteiger partial charge in [0.15, 0.2) is 0 Å². The van der Waals surface area contributed by atoms with Crippen molar-refractivity contribution in [2.24, 2.45) is 7.05 Å². The first-order valence-corrected chi connectivity index (χ1v) is 8.67. The summed E-state index contributed by atoms with van der Waals surface area (Å²) in [5.41, 5.74) is 2.26. The zero-order valence-corrected chi connectivity index (χ0v) is 14.8. The smallest absolute Gasteiger partial charge is 0.328 e. The zero-order valence-electron chi connectivity index (χ0n) is 14.8. The molecule has 1 aliphatic rings. The van der Waals surface area contributed by atoms with Crippen molar-refractivity contribution in [2.75, 3.05) is 6.54 Å². The number of aromatic nitrogens is 4. The number of rotatable bonds is 3. The molecule has 0 radical (unpaired) electrons. The number of carbonyl (C=O) groups is 1. The highest BCUT2D eigenvalue weighted by molar-refractivity contribution is 5.79. The van der Waals surface area contributed by atoms with Crippen LogP contribution in [0.15, 0.2) is 52.4 Å². The topological polar surface area (TPSA) is 104 Å². The van der Waals surface area contributed by atoms with Crippen LogP contribution in [0.3, 0.4) is 0 Å². The highest BCUT2D eigenvalue weighted by Crippen LogP contribution is 2.31. The number of H-pyrrole nitrogens is 2. The SMILES string of the molecule is Cn1c(=O)[nH]cc(CC(=O)N2Cc3[nH]cnc3C(c3ccccc3)C2)c1=O. The van der Waals surface area contributed by atoms with Gasteiger partial charge in [0.2, 0.25) is 5.91 Å². The van der Waals surface area contributed by atoms with Crippen molar-refractivity contribution < 1.29 is 4.79 Å². The Balaban J connectivity index is 1.61. The second kappa shape index (κ2) is 6.71. The van der Waals surface area contributed by atoms with Crippen molar-refractivity contribution in [2.45, 2.75) is 18.9 Å². The first kappa shape index (κ1) is 17.0. The Labute approximate surface area is 154 Å². The van der Waals surface area contributed by atoms with Gasteiger partial charge in [-0.3, -0.25) is 14.2 Å². The third-order valence-corrected chi connectivity index (χ3v) is 4.98. The van der Waals surface area contributed by atoms with Gasteiger partial charge in [-0.2, -0.15) is 0 Å². The molecule has 8 heteroatoms. The zero-order chi connectivity index (χ0) is 19.0. The van der Waals surface area contributed by atoms with Crippen LogP contribution in [0.4, 0.5) is 0 Å². The van der Waals surface area contributed by atoms with Gasteiger partial charge in [0.05, 0.1) is 30.7 Å². The fraction of sp³-hybridized carbons (Fsp3) is 0.263. The minimum Gasteiger partial charge on any atom is -0.347 e. The van der Waals surface area contributed by atoms with Crippen LogP contribution in [0.5, 0.6) is 0 Å². The lowest BCUT2D eigenvalue weighted by atomic mass is 9.90. The first-order chi connectivity index (χ1) is 13.0. The summed E-state index contributed by atoms with van der Waals surface area (Å²) in [4.78, 5) is 48.3. The average molecular weight is 365 g/mol. The highest BCUT2D eigenvalue weighted by atomic mass is 16.2. The van der Waals surface area contributed by atoms with Crippen molar-refractivity contribution in [3.8, 4) is 0 Å². The molecule has 3 aromatic rings. The number of carbonyl (C=O) groups excluding carboxylic acids is 1. The van der Waals surface area contributed by atoms with Crippen molar-refractivity contribution in [3.05, 3.63) is 86.2 Å². The van der Waals surface area contributed by atoms with Gasteiger partial charge in [-0.05, 0) is 5.56 Å². The molecule has 0 bridgehead atoms. The van der Waals surface area contributed by atoms with E-state index >= 15 is 0 Å². The molecule has 0 aliphatic carbocycles. The molecule has 2 N–H and O–H groups in total. The standard InChI is InChI=1S/C19H19N5O3/c1-23-18(26)13(8-20-19(23)27)7-16(25)24-9-14(12-5-3-2-4-6-12)17-15(10-24)21-11-22-17/h2-6,8,11,14H,7,9-10H2,1H3,(H,20,27)(H,21,22). The van der Waals surface area contributed by atoms with E-state index in [9.17, 15) is 14.4 Å². The number of hydrogen-bond donors (Lipinski definition) is 2. The number of fused-ring (bicyclic) bond motifs is 1. The Morgan fingerprint density at radius 2 is 2.00 bits per heavy atom. The van der Waals surface area contributed by atoms with Gasteiger partial charge >= 0.3 is 5.69 Å². The van der Waals surface area contributed by atoms with Gasteiger partial charge in [-0.1, -0.05) is 30.3 Å². The lowest BCUT2D eigenvalue weighted by Crippen LogP contribution is -2.41. The number of aromatic amines is 2. The largest absolute Gasteiger partial charge is 0.347 e. The van der Waals surface area contributed by atoms with Crippen LogP contribution in [0.25, 0.3) is 0 Å². The predicted molar refractivity (Wildman–Crippen MR) is 98.3 cm³/mol. The van der Waals surface area contributed by atoms with Gasteiger partial charge in [-0.25, -0.2) is 9.78 Å². The van der Waals surface area contributed by atoms with Crippen LogP contribution in [0.2, 0.25) is 0 Å². The molecule has 1 aromatic carbocycles. The maximum absolute atomic E-state index is 12.9. The molecule has 1 atom stereocenters. The summed E-state index contributed by atoms with van der Waals surface area (Å²) >= 11 is 0. The monoisotopic (exact) mass is 365 g/mol. The highest BCUT2D eigenvalue weighted by Gasteiger charge is 2.31. The van der Waals surface area contributed by atoms with Gasteiger partial charge in [0.1, 0.15) is 0 Å². The summed E-state index contributed by atoms with van der Waals surface area (Å²) in [6, 6.07) is 9.93. The van der Waals surface area contributed by atoms with E-state index in [1.54, 1.807) is 11.2 Å². The van der Waals surface area contributed by atoms with Crippen LogP contribution < -0.4 is 11.2 Å². The Kier molecular flexibility index (Phi) is 4.23. The van der Waals surface area contributed by atoms with E-state index in [0.29, 0.717) is 13.1 Å². The van der Waals surface area contributed by atoms with Crippen molar-refractivity contribution in [1.29, 1.82) is 0 Å². The van der Waals surface area contributed by atoms with Crippen molar-refractivity contribution in [3.63, 3.8) is 0 Å². The molecule has 0 spiro atoms. The number of hydrogen-bond acceptors (Lipinski definition) is 4. The van der Waals surface area contributed by atoms with Gasteiger partial charge in [0, 0.05) is 31.3 Å². The van der Waals surface area contributed by atoms with Crippen LogP contribution in [0.1, 0.15) is 28.4 Å². The van der Waals surface area contributed by atoms with Crippen LogP contribution in [-0.2, 0) is 24.8 Å².